The molecule has 0 amide bonds. The Balaban J connectivity index is 0. The van der Waals surface area contributed by atoms with Crippen molar-refractivity contribution < 1.29 is 81.6 Å². The molecule has 0 aliphatic heterocycles. The fraction of sp³-hybridized carbons (Fsp3) is 0. The second kappa shape index (κ2) is 17.5. The first-order chi connectivity index (χ1) is 0. The SMILES string of the molecule is [Cd].[Co].[Mo].[Ni]. The maximum atomic E-state index is 0. The van der Waals surface area contributed by atoms with Crippen molar-refractivity contribution in [1.82, 2.24) is 0 Å². The minimum absolute atomic E-state index is 0. The van der Waals surface area contributed by atoms with Crippen molar-refractivity contribution in [3.63, 3.8) is 0 Å². The first kappa shape index (κ1) is 30.5. The van der Waals surface area contributed by atoms with E-state index in [9.17, 15) is 0 Å². The van der Waals surface area contributed by atoms with E-state index >= 15 is 0 Å². The molecule has 1 radical (unpaired) electrons. The zero-order valence-electron chi connectivity index (χ0n) is 1.76. The molecule has 0 aliphatic rings. The van der Waals surface area contributed by atoms with Crippen LogP contribution in [0.2, 0.25) is 0 Å². The molecule has 0 bridgehead atoms. The normalized spacial score (nSPS) is 0. The Kier molecular flexibility index (Phi) is 134. The van der Waals surface area contributed by atoms with Gasteiger partial charge in [0.1, 0.15) is 0 Å². The molecule has 0 rings (SSSR count). The van der Waals surface area contributed by atoms with E-state index in [4.69, 9.17) is 0 Å². The number of rotatable bonds is 0. The summed E-state index contributed by atoms with van der Waals surface area (Å²) in [6.07, 6.45) is 0. The van der Waals surface area contributed by atoms with Gasteiger partial charge in [0.2, 0.25) is 0 Å². The van der Waals surface area contributed by atoms with Gasteiger partial charge in [0, 0.05) is 81.6 Å². The van der Waals surface area contributed by atoms with Gasteiger partial charge in [-0.15, -0.1) is 0 Å². The van der Waals surface area contributed by atoms with Crippen LogP contribution in [0.4, 0.5) is 0 Å². The van der Waals surface area contributed by atoms with Crippen LogP contribution in [-0.2, 0) is 81.6 Å². The van der Waals surface area contributed by atoms with Gasteiger partial charge in [-0.1, -0.05) is 0 Å². The Morgan fingerprint density at radius 1 is 1.00 bits per heavy atom. The summed E-state index contributed by atoms with van der Waals surface area (Å²) in [6.45, 7) is 0. The van der Waals surface area contributed by atoms with Crippen LogP contribution < -0.4 is 0 Å². The third-order valence-corrected chi connectivity index (χ3v) is 0. The molecule has 4 heavy (non-hydrogen) atoms. The second-order valence-corrected chi connectivity index (χ2v) is 0. The van der Waals surface area contributed by atoms with E-state index < -0.39 is 0 Å². The molecule has 0 N–H and O–H groups in total. The quantitative estimate of drug-likeness (QED) is 0.550. The summed E-state index contributed by atoms with van der Waals surface area (Å²) in [5, 5.41) is 0. The largest absolute Gasteiger partial charge is 0 e. The molecule has 0 aromatic rings. The standard InChI is InChI=1S/Cd.Co.Mo.Ni. The maximum Gasteiger partial charge on any atom is 0 e. The van der Waals surface area contributed by atoms with Crippen molar-refractivity contribution in [2.24, 2.45) is 0 Å². The predicted octanol–water partition coefficient (Wildman–Crippen LogP) is -0.0100. The van der Waals surface area contributed by atoms with Crippen molar-refractivity contribution in [2.75, 3.05) is 0 Å². The molecule has 0 aromatic heterocycles. The molecule has 4 heteroatoms. The first-order valence-corrected chi connectivity index (χ1v) is 0. The molecule has 0 atom stereocenters. The Hall–Kier alpha value is 2.61. The number of hydrogen-bond donors (Lipinski definition) is 0. The van der Waals surface area contributed by atoms with Crippen molar-refractivity contribution in [1.29, 1.82) is 0 Å². The molecule has 0 nitrogen and oxygen atoms in total. The average Bonchev–Trinajstić information content (AvgIpc) is 0. The van der Waals surface area contributed by atoms with Crippen LogP contribution in [0, 0.1) is 0 Å². The van der Waals surface area contributed by atoms with Crippen LogP contribution in [-0.4, -0.2) is 0 Å². The Morgan fingerprint density at radius 2 is 1.00 bits per heavy atom. The first-order valence-electron chi connectivity index (χ1n) is 0. The fourth-order valence-corrected chi connectivity index (χ4v) is 0. The summed E-state index contributed by atoms with van der Waals surface area (Å²) in [5.74, 6) is 0. The zero-order valence-corrected chi connectivity index (χ0v) is 9.84. The van der Waals surface area contributed by atoms with Crippen LogP contribution in [0.25, 0.3) is 0 Å². The van der Waals surface area contributed by atoms with Crippen LogP contribution in [0.3, 0.4) is 0 Å². The summed E-state index contributed by atoms with van der Waals surface area (Å²) >= 11 is 0. The van der Waals surface area contributed by atoms with E-state index in [-0.39, 0.29) is 81.6 Å². The molecular weight excluding hydrogens is 326 g/mol. The van der Waals surface area contributed by atoms with E-state index in [1.54, 1.807) is 0 Å². The van der Waals surface area contributed by atoms with E-state index in [0.717, 1.165) is 0 Å². The summed E-state index contributed by atoms with van der Waals surface area (Å²) in [5.41, 5.74) is 0. The summed E-state index contributed by atoms with van der Waals surface area (Å²) in [7, 11) is 0. The van der Waals surface area contributed by atoms with Crippen LogP contribution >= 0.6 is 0 Å². The van der Waals surface area contributed by atoms with E-state index in [1.165, 1.54) is 0 Å². The average molecular weight is 326 g/mol. The molecule has 0 saturated heterocycles. The molecule has 0 heterocycles. The zero-order chi connectivity index (χ0) is 0. The molecule has 27 valence electrons. The molecule has 0 aromatic carbocycles. The fourth-order valence-electron chi connectivity index (χ4n) is 0. The molecule has 0 saturated carbocycles. The Labute approximate surface area is 80.4 Å². The van der Waals surface area contributed by atoms with Crippen molar-refractivity contribution in [3.05, 3.63) is 0 Å². The number of hydrogen-bond acceptors (Lipinski definition) is 0. The smallest absolute Gasteiger partial charge is 0 e. The summed E-state index contributed by atoms with van der Waals surface area (Å²) < 4.78 is 0. The van der Waals surface area contributed by atoms with Crippen molar-refractivity contribution in [3.8, 4) is 0 Å². The van der Waals surface area contributed by atoms with Gasteiger partial charge in [0.05, 0.1) is 0 Å². The minimum Gasteiger partial charge on any atom is 0 e. The van der Waals surface area contributed by atoms with Gasteiger partial charge in [-0.2, -0.15) is 0 Å². The van der Waals surface area contributed by atoms with E-state index in [0.29, 0.717) is 0 Å². The summed E-state index contributed by atoms with van der Waals surface area (Å²) in [4.78, 5) is 0. The Morgan fingerprint density at radius 3 is 1.00 bits per heavy atom. The molecule has 0 spiro atoms. The van der Waals surface area contributed by atoms with Crippen LogP contribution in [0.1, 0.15) is 0 Å². The topological polar surface area (TPSA) is 0 Å². The molecule has 0 fully saturated rings. The third-order valence-electron chi connectivity index (χ3n) is 0. The molecule has 0 aliphatic carbocycles. The van der Waals surface area contributed by atoms with Gasteiger partial charge in [-0.25, -0.2) is 0 Å². The Bertz CT molecular complexity index is 8.00. The van der Waals surface area contributed by atoms with E-state index in [1.807, 2.05) is 0 Å². The van der Waals surface area contributed by atoms with Gasteiger partial charge in [0.25, 0.3) is 0 Å². The van der Waals surface area contributed by atoms with Gasteiger partial charge in [-0.05, 0) is 0 Å². The molecule has 0 unspecified atom stereocenters. The summed E-state index contributed by atoms with van der Waals surface area (Å²) in [6, 6.07) is 0. The van der Waals surface area contributed by atoms with Gasteiger partial charge < -0.3 is 0 Å². The maximum absolute atomic E-state index is 0. The van der Waals surface area contributed by atoms with Gasteiger partial charge in [0.15, 0.2) is 0 Å². The minimum atomic E-state index is 0. The van der Waals surface area contributed by atoms with Gasteiger partial charge in [-0.3, -0.25) is 0 Å². The third kappa shape index (κ3) is 8.82. The van der Waals surface area contributed by atoms with Gasteiger partial charge >= 0.3 is 0 Å². The van der Waals surface area contributed by atoms with Crippen LogP contribution in [0.5, 0.6) is 0 Å². The van der Waals surface area contributed by atoms with Crippen LogP contribution in [0.15, 0.2) is 0 Å². The van der Waals surface area contributed by atoms with Crippen molar-refractivity contribution in [2.45, 2.75) is 0 Å². The predicted molar refractivity (Wildman–Crippen MR) is 0 cm³/mol. The van der Waals surface area contributed by atoms with E-state index in [2.05, 4.69) is 0 Å². The second-order valence-electron chi connectivity index (χ2n) is 0. The van der Waals surface area contributed by atoms with Crippen molar-refractivity contribution >= 4 is 0 Å². The molecular formula is CdCoMoNi. The monoisotopic (exact) mass is 329 g/mol.